The molecule has 0 fully saturated rings. The van der Waals surface area contributed by atoms with Crippen molar-refractivity contribution in [1.29, 1.82) is 0 Å². The van der Waals surface area contributed by atoms with Crippen LogP contribution in [-0.4, -0.2) is 7.11 Å². The highest BCUT2D eigenvalue weighted by Crippen LogP contribution is 2.29. The molecule has 1 aromatic heterocycles. The minimum Gasteiger partial charge on any atom is -0.496 e. The molecule has 0 aliphatic heterocycles. The molecule has 2 aromatic carbocycles. The van der Waals surface area contributed by atoms with E-state index >= 15 is 0 Å². The molecular formula is C18H15FO4. The molecule has 0 N–H and O–H groups in total. The predicted octanol–water partition coefficient (Wildman–Crippen LogP) is 4.35. The molecule has 0 atom stereocenters. The van der Waals surface area contributed by atoms with Crippen molar-refractivity contribution < 1.29 is 18.3 Å². The Morgan fingerprint density at radius 1 is 1.09 bits per heavy atom. The largest absolute Gasteiger partial charge is 0.496 e. The van der Waals surface area contributed by atoms with Crippen LogP contribution in [0.1, 0.15) is 11.3 Å². The zero-order chi connectivity index (χ0) is 16.6. The fourth-order valence-corrected chi connectivity index (χ4v) is 2.38. The second-order valence-electron chi connectivity index (χ2n) is 5.19. The molecule has 0 saturated carbocycles. The molecule has 1 heterocycles. The van der Waals surface area contributed by atoms with Gasteiger partial charge in [-0.15, -0.1) is 0 Å². The van der Waals surface area contributed by atoms with E-state index in [1.165, 1.54) is 24.3 Å². The van der Waals surface area contributed by atoms with Gasteiger partial charge < -0.3 is 13.9 Å². The number of benzene rings is 2. The standard InChI is InChI=1S/C18H15FO4/c1-10-8-14-16(9-15(10)21-3)22-11(2)18(17(14)20)23-13-6-4-12(19)5-7-13/h4-9H,1-3H3. The van der Waals surface area contributed by atoms with Crippen LogP contribution in [0.3, 0.4) is 0 Å². The average Bonchev–Trinajstić information content (AvgIpc) is 2.53. The first-order valence-electron chi connectivity index (χ1n) is 7.05. The lowest BCUT2D eigenvalue weighted by molar-refractivity contribution is 0.409. The van der Waals surface area contributed by atoms with Gasteiger partial charge in [0.05, 0.1) is 12.5 Å². The van der Waals surface area contributed by atoms with Gasteiger partial charge in [-0.2, -0.15) is 0 Å². The van der Waals surface area contributed by atoms with Gasteiger partial charge in [-0.25, -0.2) is 4.39 Å². The maximum Gasteiger partial charge on any atom is 0.235 e. The summed E-state index contributed by atoms with van der Waals surface area (Å²) in [6, 6.07) is 8.83. The normalized spacial score (nSPS) is 10.8. The monoisotopic (exact) mass is 314 g/mol. The lowest BCUT2D eigenvalue weighted by atomic mass is 10.1. The van der Waals surface area contributed by atoms with Crippen molar-refractivity contribution >= 4 is 11.0 Å². The van der Waals surface area contributed by atoms with E-state index in [9.17, 15) is 9.18 Å². The summed E-state index contributed by atoms with van der Waals surface area (Å²) in [4.78, 5) is 12.7. The Morgan fingerprint density at radius 2 is 1.78 bits per heavy atom. The van der Waals surface area contributed by atoms with Crippen molar-refractivity contribution in [3.05, 3.63) is 63.8 Å². The summed E-state index contributed by atoms with van der Waals surface area (Å²) in [7, 11) is 1.56. The summed E-state index contributed by atoms with van der Waals surface area (Å²) < 4.78 is 29.5. The SMILES string of the molecule is COc1cc2oc(C)c(Oc3ccc(F)cc3)c(=O)c2cc1C. The van der Waals surface area contributed by atoms with Gasteiger partial charge in [0.2, 0.25) is 11.2 Å². The Bertz CT molecular complexity index is 926. The quantitative estimate of drug-likeness (QED) is 0.721. The molecule has 3 aromatic rings. The van der Waals surface area contributed by atoms with E-state index in [4.69, 9.17) is 13.9 Å². The highest BCUT2D eigenvalue weighted by molar-refractivity contribution is 5.81. The summed E-state index contributed by atoms with van der Waals surface area (Å²) in [6.45, 7) is 3.49. The van der Waals surface area contributed by atoms with Crippen LogP contribution in [0.5, 0.6) is 17.2 Å². The van der Waals surface area contributed by atoms with Gasteiger partial charge in [-0.1, -0.05) is 0 Å². The van der Waals surface area contributed by atoms with Gasteiger partial charge in [-0.05, 0) is 49.7 Å². The Morgan fingerprint density at radius 3 is 2.43 bits per heavy atom. The zero-order valence-electron chi connectivity index (χ0n) is 13.0. The molecule has 5 heteroatoms. The summed E-state index contributed by atoms with van der Waals surface area (Å²) in [6.07, 6.45) is 0. The molecule has 3 rings (SSSR count). The molecule has 23 heavy (non-hydrogen) atoms. The molecule has 4 nitrogen and oxygen atoms in total. The van der Waals surface area contributed by atoms with Crippen molar-refractivity contribution in [3.8, 4) is 17.2 Å². The predicted molar refractivity (Wildman–Crippen MR) is 85.0 cm³/mol. The van der Waals surface area contributed by atoms with Crippen molar-refractivity contribution in [3.63, 3.8) is 0 Å². The highest BCUT2D eigenvalue weighted by Gasteiger charge is 2.15. The molecule has 0 amide bonds. The Hall–Kier alpha value is -2.82. The molecule has 0 saturated heterocycles. The van der Waals surface area contributed by atoms with Crippen LogP contribution in [0.15, 0.2) is 45.6 Å². The topological polar surface area (TPSA) is 48.7 Å². The maximum absolute atomic E-state index is 13.0. The lowest BCUT2D eigenvalue weighted by Crippen LogP contribution is -2.08. The van der Waals surface area contributed by atoms with E-state index in [0.717, 1.165) is 5.56 Å². The molecule has 0 aliphatic rings. The minimum absolute atomic E-state index is 0.0914. The average molecular weight is 314 g/mol. The van der Waals surface area contributed by atoms with E-state index in [1.807, 2.05) is 6.92 Å². The molecule has 0 bridgehead atoms. The van der Waals surface area contributed by atoms with Crippen molar-refractivity contribution in [2.75, 3.05) is 7.11 Å². The second kappa shape index (κ2) is 5.76. The number of hydrogen-bond acceptors (Lipinski definition) is 4. The van der Waals surface area contributed by atoms with Crippen molar-refractivity contribution in [1.82, 2.24) is 0 Å². The Kier molecular flexibility index (Phi) is 3.78. The zero-order valence-corrected chi connectivity index (χ0v) is 13.0. The minimum atomic E-state index is -0.373. The number of aryl methyl sites for hydroxylation is 2. The van der Waals surface area contributed by atoms with Gasteiger partial charge in [0.15, 0.2) is 0 Å². The number of methoxy groups -OCH3 is 1. The maximum atomic E-state index is 13.0. The molecule has 0 unspecified atom stereocenters. The second-order valence-corrected chi connectivity index (χ2v) is 5.19. The van der Waals surface area contributed by atoms with Crippen molar-refractivity contribution in [2.24, 2.45) is 0 Å². The third-order valence-corrected chi connectivity index (χ3v) is 3.56. The number of hydrogen-bond donors (Lipinski definition) is 0. The van der Waals surface area contributed by atoms with Crippen LogP contribution < -0.4 is 14.9 Å². The van der Waals surface area contributed by atoms with Gasteiger partial charge >= 0.3 is 0 Å². The van der Waals surface area contributed by atoms with E-state index in [0.29, 0.717) is 28.2 Å². The van der Waals surface area contributed by atoms with E-state index < -0.39 is 0 Å². The van der Waals surface area contributed by atoms with Crippen LogP contribution in [0.25, 0.3) is 11.0 Å². The summed E-state index contributed by atoms with van der Waals surface area (Å²) >= 11 is 0. The number of rotatable bonds is 3. The first-order chi connectivity index (χ1) is 11.0. The number of ether oxygens (including phenoxy) is 2. The third kappa shape index (κ3) is 2.77. The van der Waals surface area contributed by atoms with Crippen LogP contribution in [0.2, 0.25) is 0 Å². The lowest BCUT2D eigenvalue weighted by Gasteiger charge is -2.10. The number of fused-ring (bicyclic) bond motifs is 1. The first-order valence-corrected chi connectivity index (χ1v) is 7.05. The van der Waals surface area contributed by atoms with Crippen LogP contribution in [0, 0.1) is 19.7 Å². The van der Waals surface area contributed by atoms with Gasteiger partial charge in [0, 0.05) is 6.07 Å². The molecular weight excluding hydrogens is 299 g/mol. The van der Waals surface area contributed by atoms with Crippen LogP contribution >= 0.6 is 0 Å². The fraction of sp³-hybridized carbons (Fsp3) is 0.167. The number of halogens is 1. The Balaban J connectivity index is 2.14. The van der Waals surface area contributed by atoms with E-state index in [2.05, 4.69) is 0 Å². The fourth-order valence-electron chi connectivity index (χ4n) is 2.38. The molecule has 0 radical (unpaired) electrons. The van der Waals surface area contributed by atoms with E-state index in [1.54, 1.807) is 26.2 Å². The van der Waals surface area contributed by atoms with Gasteiger partial charge in [-0.3, -0.25) is 4.79 Å². The summed E-state index contributed by atoms with van der Waals surface area (Å²) in [5.74, 6) is 1.08. The summed E-state index contributed by atoms with van der Waals surface area (Å²) in [5.41, 5.74) is 0.976. The Labute approximate surface area is 132 Å². The van der Waals surface area contributed by atoms with E-state index in [-0.39, 0.29) is 17.0 Å². The first kappa shape index (κ1) is 15.1. The molecule has 0 spiro atoms. The van der Waals surface area contributed by atoms with Gasteiger partial charge in [0.1, 0.15) is 28.7 Å². The molecule has 118 valence electrons. The highest BCUT2D eigenvalue weighted by atomic mass is 19.1. The third-order valence-electron chi connectivity index (χ3n) is 3.56. The van der Waals surface area contributed by atoms with Crippen molar-refractivity contribution in [2.45, 2.75) is 13.8 Å². The van der Waals surface area contributed by atoms with Gasteiger partial charge in [0.25, 0.3) is 0 Å². The van der Waals surface area contributed by atoms with Crippen LogP contribution in [-0.2, 0) is 0 Å². The smallest absolute Gasteiger partial charge is 0.235 e. The van der Waals surface area contributed by atoms with Crippen LogP contribution in [0.4, 0.5) is 4.39 Å². The summed E-state index contributed by atoms with van der Waals surface area (Å²) in [5, 5.41) is 0.408. The molecule has 0 aliphatic carbocycles.